The second-order valence-electron chi connectivity index (χ2n) is 11.1. The van der Waals surface area contributed by atoms with Gasteiger partial charge in [-0.1, -0.05) is 38.5 Å². The fraction of sp³-hybridized carbons (Fsp3) is 0.571. The zero-order chi connectivity index (χ0) is 28.0. The number of nitrogens with zero attached hydrogens (tertiary/aromatic N) is 1. The molecular formula is C28H40N4O6. The van der Waals surface area contributed by atoms with Crippen LogP contribution in [-0.4, -0.2) is 69.6 Å². The maximum Gasteiger partial charge on any atom is 0.408 e. The van der Waals surface area contributed by atoms with Crippen molar-refractivity contribution in [3.63, 3.8) is 0 Å². The Balaban J connectivity index is 1.69. The maximum atomic E-state index is 13.6. The van der Waals surface area contributed by atoms with Crippen molar-refractivity contribution in [1.29, 1.82) is 0 Å². The fourth-order valence-corrected chi connectivity index (χ4v) is 4.71. The van der Waals surface area contributed by atoms with Crippen LogP contribution in [0.3, 0.4) is 0 Å². The molecule has 2 aromatic rings. The number of hydrogen-bond acceptors (Lipinski definition) is 5. The van der Waals surface area contributed by atoms with Crippen LogP contribution in [-0.2, 0) is 25.5 Å². The van der Waals surface area contributed by atoms with Crippen molar-refractivity contribution in [1.82, 2.24) is 20.5 Å². The lowest BCUT2D eigenvalue weighted by Gasteiger charge is -2.34. The van der Waals surface area contributed by atoms with E-state index in [0.29, 0.717) is 32.4 Å². The monoisotopic (exact) mass is 528 g/mol. The van der Waals surface area contributed by atoms with Gasteiger partial charge in [0.15, 0.2) is 0 Å². The number of carboxylic acids is 1. The number of carbonyl (C=O) groups excluding carboxylic acids is 3. The molecule has 1 aromatic heterocycles. The van der Waals surface area contributed by atoms with Gasteiger partial charge in [0, 0.05) is 42.5 Å². The maximum absolute atomic E-state index is 13.6. The number of aromatic nitrogens is 1. The quantitative estimate of drug-likeness (QED) is 0.393. The molecule has 0 unspecified atom stereocenters. The Labute approximate surface area is 223 Å². The van der Waals surface area contributed by atoms with E-state index in [-0.39, 0.29) is 30.1 Å². The fourth-order valence-electron chi connectivity index (χ4n) is 4.71. The first-order valence-electron chi connectivity index (χ1n) is 13.3. The summed E-state index contributed by atoms with van der Waals surface area (Å²) in [6.45, 7) is 9.62. The molecule has 3 amide bonds. The van der Waals surface area contributed by atoms with E-state index in [4.69, 9.17) is 4.74 Å². The zero-order valence-corrected chi connectivity index (χ0v) is 22.9. The Kier molecular flexibility index (Phi) is 9.40. The van der Waals surface area contributed by atoms with Gasteiger partial charge in [0.05, 0.1) is 0 Å². The third-order valence-electron chi connectivity index (χ3n) is 7.04. The van der Waals surface area contributed by atoms with E-state index >= 15 is 0 Å². The van der Waals surface area contributed by atoms with E-state index in [0.717, 1.165) is 16.5 Å². The number of nitrogens with one attached hydrogen (secondary N) is 3. The van der Waals surface area contributed by atoms with Gasteiger partial charge in [-0.3, -0.25) is 9.59 Å². The summed E-state index contributed by atoms with van der Waals surface area (Å²) in [5.74, 6) is -2.16. The van der Waals surface area contributed by atoms with Crippen LogP contribution in [0.4, 0.5) is 4.79 Å². The van der Waals surface area contributed by atoms with Gasteiger partial charge in [0.1, 0.15) is 17.7 Å². The molecule has 0 spiro atoms. The highest BCUT2D eigenvalue weighted by Gasteiger charge is 2.35. The predicted molar refractivity (Wildman–Crippen MR) is 143 cm³/mol. The molecule has 0 radical (unpaired) electrons. The molecular weight excluding hydrogens is 488 g/mol. The van der Waals surface area contributed by atoms with Crippen molar-refractivity contribution in [3.05, 3.63) is 36.0 Å². The number of hydrogen-bond donors (Lipinski definition) is 4. The first-order valence-corrected chi connectivity index (χ1v) is 13.3. The zero-order valence-electron chi connectivity index (χ0n) is 22.9. The van der Waals surface area contributed by atoms with Crippen LogP contribution in [0.2, 0.25) is 0 Å². The van der Waals surface area contributed by atoms with Crippen LogP contribution in [0.25, 0.3) is 10.9 Å². The SMILES string of the molecule is CC[C@H](C)[C@H](NC(=O)C1CCN(C(=O)[C@H](Cc2c[nH]c3ccccc23)NC(=O)OC(C)(C)C)CC1)C(=O)O. The summed E-state index contributed by atoms with van der Waals surface area (Å²) in [4.78, 5) is 55.5. The number of rotatable bonds is 9. The minimum absolute atomic E-state index is 0.192. The summed E-state index contributed by atoms with van der Waals surface area (Å²) >= 11 is 0. The highest BCUT2D eigenvalue weighted by atomic mass is 16.6. The van der Waals surface area contributed by atoms with Crippen molar-refractivity contribution in [2.45, 2.75) is 78.0 Å². The van der Waals surface area contributed by atoms with Crippen molar-refractivity contribution in [2.75, 3.05) is 13.1 Å². The van der Waals surface area contributed by atoms with Gasteiger partial charge >= 0.3 is 12.1 Å². The first kappa shape index (κ1) is 29.0. The van der Waals surface area contributed by atoms with E-state index in [1.807, 2.05) is 37.4 Å². The number of likely N-dealkylation sites (tertiary alicyclic amines) is 1. The van der Waals surface area contributed by atoms with Gasteiger partial charge in [0.2, 0.25) is 11.8 Å². The summed E-state index contributed by atoms with van der Waals surface area (Å²) in [6.07, 6.45) is 2.90. The number of carbonyl (C=O) groups is 4. The number of amides is 3. The number of H-pyrrole nitrogens is 1. The molecule has 0 aliphatic carbocycles. The standard InChI is InChI=1S/C28H40N4O6/c1-6-17(2)23(26(35)36)31-24(33)18-11-13-32(14-12-18)25(34)22(30-27(37)38-28(3,4)5)15-19-16-29-21-10-8-7-9-20(19)21/h7-10,16-18,22-23,29H,6,11-15H2,1-5H3,(H,30,37)(H,31,33)(H,35,36)/t17-,22-,23-/m0/s1. The van der Waals surface area contributed by atoms with Crippen molar-refractivity contribution < 1.29 is 29.0 Å². The highest BCUT2D eigenvalue weighted by molar-refractivity contribution is 5.89. The normalized spacial score (nSPS) is 16.9. The molecule has 208 valence electrons. The number of fused-ring (bicyclic) bond motifs is 1. The van der Waals surface area contributed by atoms with E-state index in [1.54, 1.807) is 32.6 Å². The molecule has 10 nitrogen and oxygen atoms in total. The Morgan fingerprint density at radius 1 is 1.13 bits per heavy atom. The van der Waals surface area contributed by atoms with Crippen LogP contribution < -0.4 is 10.6 Å². The molecule has 4 N–H and O–H groups in total. The highest BCUT2D eigenvalue weighted by Crippen LogP contribution is 2.23. The molecule has 10 heteroatoms. The number of aromatic amines is 1. The second kappa shape index (κ2) is 12.3. The van der Waals surface area contributed by atoms with Crippen LogP contribution >= 0.6 is 0 Å². The van der Waals surface area contributed by atoms with Gasteiger partial charge in [-0.05, 0) is 51.2 Å². The summed E-state index contributed by atoms with van der Waals surface area (Å²) in [7, 11) is 0. The number of aliphatic carboxylic acids is 1. The van der Waals surface area contributed by atoms with Gasteiger partial charge in [-0.2, -0.15) is 0 Å². The van der Waals surface area contributed by atoms with Gasteiger partial charge in [0.25, 0.3) is 0 Å². The molecule has 1 aliphatic rings. The largest absolute Gasteiger partial charge is 0.480 e. The molecule has 1 saturated heterocycles. The van der Waals surface area contributed by atoms with E-state index in [1.165, 1.54) is 0 Å². The minimum Gasteiger partial charge on any atom is -0.480 e. The predicted octanol–water partition coefficient (Wildman–Crippen LogP) is 3.46. The lowest BCUT2D eigenvalue weighted by molar-refractivity contribution is -0.144. The number of piperidine rings is 1. The van der Waals surface area contributed by atoms with Crippen LogP contribution in [0.15, 0.2) is 30.5 Å². The summed E-state index contributed by atoms with van der Waals surface area (Å²) in [5, 5.41) is 15.9. The number of carboxylic acid groups (broad SMARTS) is 1. The third-order valence-corrected chi connectivity index (χ3v) is 7.04. The smallest absolute Gasteiger partial charge is 0.408 e. The second-order valence-corrected chi connectivity index (χ2v) is 11.1. The summed E-state index contributed by atoms with van der Waals surface area (Å²) < 4.78 is 5.42. The van der Waals surface area contributed by atoms with E-state index in [9.17, 15) is 24.3 Å². The Hall–Kier alpha value is -3.56. The number of alkyl carbamates (subject to hydrolysis) is 1. The van der Waals surface area contributed by atoms with Gasteiger partial charge < -0.3 is 30.4 Å². The first-order chi connectivity index (χ1) is 17.9. The number of ether oxygens (including phenoxy) is 1. The molecule has 0 bridgehead atoms. The third kappa shape index (κ3) is 7.49. The lowest BCUT2D eigenvalue weighted by Crippen LogP contribution is -2.54. The number of para-hydroxylation sites is 1. The minimum atomic E-state index is -1.05. The molecule has 1 fully saturated rings. The Bertz CT molecular complexity index is 1150. The molecule has 1 aliphatic heterocycles. The van der Waals surface area contributed by atoms with Crippen LogP contribution in [0.1, 0.15) is 59.4 Å². The molecule has 1 aromatic carbocycles. The lowest BCUT2D eigenvalue weighted by atomic mass is 9.93. The van der Waals surface area contributed by atoms with Crippen molar-refractivity contribution in [3.8, 4) is 0 Å². The summed E-state index contributed by atoms with van der Waals surface area (Å²) in [5.41, 5.74) is 1.12. The summed E-state index contributed by atoms with van der Waals surface area (Å²) in [6, 6.07) is 5.96. The van der Waals surface area contributed by atoms with Gasteiger partial charge in [-0.25, -0.2) is 9.59 Å². The topological polar surface area (TPSA) is 141 Å². The molecule has 0 saturated carbocycles. The average molecular weight is 529 g/mol. The molecule has 3 rings (SSSR count). The Morgan fingerprint density at radius 2 is 1.79 bits per heavy atom. The molecule has 3 atom stereocenters. The molecule has 2 heterocycles. The van der Waals surface area contributed by atoms with E-state index in [2.05, 4.69) is 15.6 Å². The van der Waals surface area contributed by atoms with Crippen LogP contribution in [0.5, 0.6) is 0 Å². The average Bonchev–Trinajstić information content (AvgIpc) is 3.27. The van der Waals surface area contributed by atoms with Crippen molar-refractivity contribution >= 4 is 34.8 Å². The molecule has 38 heavy (non-hydrogen) atoms. The number of benzene rings is 1. The Morgan fingerprint density at radius 3 is 2.39 bits per heavy atom. The van der Waals surface area contributed by atoms with Gasteiger partial charge in [-0.15, -0.1) is 0 Å². The van der Waals surface area contributed by atoms with Crippen LogP contribution in [0, 0.1) is 11.8 Å². The van der Waals surface area contributed by atoms with Crippen molar-refractivity contribution in [2.24, 2.45) is 11.8 Å². The van der Waals surface area contributed by atoms with E-state index < -0.39 is 29.7 Å².